The molecule has 0 aliphatic rings. The van der Waals surface area contributed by atoms with Crippen molar-refractivity contribution in [1.82, 2.24) is 0 Å². The van der Waals surface area contributed by atoms with Crippen LogP contribution in [0.5, 0.6) is 0 Å². The van der Waals surface area contributed by atoms with Crippen LogP contribution in [-0.2, 0) is 19.9 Å². The summed E-state index contributed by atoms with van der Waals surface area (Å²) in [5, 5.41) is 0. The zero-order valence-corrected chi connectivity index (χ0v) is 15.7. The van der Waals surface area contributed by atoms with Crippen molar-refractivity contribution >= 4 is 16.4 Å². The Bertz CT molecular complexity index is 247. The molecule has 0 saturated heterocycles. The zero-order valence-electron chi connectivity index (χ0n) is 10.9. The number of esters is 1. The Morgan fingerprint density at radius 1 is 1.12 bits per heavy atom. The van der Waals surface area contributed by atoms with Crippen LogP contribution < -0.4 is 59.1 Å². The fourth-order valence-electron chi connectivity index (χ4n) is 0.752. The molecule has 0 N–H and O–H groups in total. The summed E-state index contributed by atoms with van der Waals surface area (Å²) in [6, 6.07) is 0. The number of carbonyl (C=O) groups excluding carboxylic acids is 1. The van der Waals surface area contributed by atoms with E-state index in [1.165, 1.54) is 0 Å². The second-order valence-corrected chi connectivity index (χ2v) is 3.49. The van der Waals surface area contributed by atoms with Gasteiger partial charge in [-0.15, -0.1) is 0 Å². The van der Waals surface area contributed by atoms with Crippen molar-refractivity contribution in [2.24, 2.45) is 0 Å². The maximum absolute atomic E-state index is 10.7. The third kappa shape index (κ3) is 46.8. The number of rotatable bonds is 5. The molecule has 0 aliphatic heterocycles. The molecule has 0 aliphatic carbocycles. The summed E-state index contributed by atoms with van der Waals surface area (Å²) in [7, 11) is -5.17. The topological polar surface area (TPSA) is 107 Å². The number of ether oxygens (including phenoxy) is 1. The Morgan fingerprint density at radius 3 is 1.82 bits per heavy atom. The van der Waals surface area contributed by atoms with Crippen LogP contribution in [0.3, 0.4) is 0 Å². The van der Waals surface area contributed by atoms with Gasteiger partial charge in [-0.3, -0.25) is 13.2 Å². The standard InChI is InChI=1S/C8H16O2.2Na.H2O4S/c1-3-5-6-7-8(9)10-4-2;;;1-5(2,3)4/h3-7H2,1-2H3;;;(H2,1,2,3,4)/q;2*+1;/p-2. The first kappa shape index (κ1) is 26.8. The zero-order chi connectivity index (χ0) is 12.3. The van der Waals surface area contributed by atoms with Crippen molar-refractivity contribution in [3.63, 3.8) is 0 Å². The van der Waals surface area contributed by atoms with E-state index in [0.29, 0.717) is 13.0 Å². The Labute approximate surface area is 147 Å². The average molecular weight is 286 g/mol. The summed E-state index contributed by atoms with van der Waals surface area (Å²) in [5.74, 6) is -0.0593. The average Bonchev–Trinajstić information content (AvgIpc) is 2.02. The van der Waals surface area contributed by atoms with E-state index in [4.69, 9.17) is 22.3 Å². The first-order chi connectivity index (χ1) is 6.81. The van der Waals surface area contributed by atoms with Gasteiger partial charge in [0.25, 0.3) is 0 Å². The van der Waals surface area contributed by atoms with Gasteiger partial charge in [0.1, 0.15) is 0 Å². The van der Waals surface area contributed by atoms with Crippen molar-refractivity contribution in [2.45, 2.75) is 39.5 Å². The molecule has 0 heterocycles. The van der Waals surface area contributed by atoms with Gasteiger partial charge in [0, 0.05) is 16.8 Å². The smallest absolute Gasteiger partial charge is 0.759 e. The van der Waals surface area contributed by atoms with E-state index in [9.17, 15) is 4.79 Å². The van der Waals surface area contributed by atoms with E-state index in [2.05, 4.69) is 6.92 Å². The molecule has 0 aromatic carbocycles. The van der Waals surface area contributed by atoms with Crippen molar-refractivity contribution in [3.05, 3.63) is 0 Å². The van der Waals surface area contributed by atoms with Gasteiger partial charge in [-0.05, 0) is 13.3 Å². The Morgan fingerprint density at radius 2 is 1.53 bits per heavy atom. The third-order valence-corrected chi connectivity index (χ3v) is 1.29. The Kier molecular flexibility index (Phi) is 27.4. The molecular weight excluding hydrogens is 270 g/mol. The van der Waals surface area contributed by atoms with Crippen molar-refractivity contribution < 1.29 is 86.2 Å². The fraction of sp³-hybridized carbons (Fsp3) is 0.875. The monoisotopic (exact) mass is 286 g/mol. The molecule has 0 saturated carbocycles. The molecule has 0 fully saturated rings. The van der Waals surface area contributed by atoms with Gasteiger partial charge in [0.2, 0.25) is 0 Å². The molecule has 0 radical (unpaired) electrons. The minimum atomic E-state index is -5.17. The van der Waals surface area contributed by atoms with E-state index in [0.717, 1.165) is 19.3 Å². The quantitative estimate of drug-likeness (QED) is 0.164. The molecule has 17 heavy (non-hydrogen) atoms. The fourth-order valence-corrected chi connectivity index (χ4v) is 0.752. The first-order valence-electron chi connectivity index (χ1n) is 4.63. The van der Waals surface area contributed by atoms with E-state index in [1.54, 1.807) is 0 Å². The van der Waals surface area contributed by atoms with Crippen molar-refractivity contribution in [1.29, 1.82) is 0 Å². The maximum atomic E-state index is 10.7. The molecule has 0 aromatic heterocycles. The summed E-state index contributed by atoms with van der Waals surface area (Å²) in [5.41, 5.74) is 0. The minimum Gasteiger partial charge on any atom is -0.759 e. The number of carbonyl (C=O) groups is 1. The molecule has 0 atom stereocenters. The van der Waals surface area contributed by atoms with Crippen molar-refractivity contribution in [3.8, 4) is 0 Å². The van der Waals surface area contributed by atoms with Crippen LogP contribution in [0.15, 0.2) is 0 Å². The minimum absolute atomic E-state index is 0. The van der Waals surface area contributed by atoms with E-state index in [-0.39, 0.29) is 65.1 Å². The molecule has 0 rings (SSSR count). The Balaban J connectivity index is -0.000000105. The largest absolute Gasteiger partial charge is 1.00 e. The second kappa shape index (κ2) is 17.3. The first-order valence-corrected chi connectivity index (χ1v) is 5.96. The molecule has 92 valence electrons. The molecule has 0 unspecified atom stereocenters. The molecule has 0 amide bonds. The number of unbranched alkanes of at least 4 members (excludes halogenated alkanes) is 2. The van der Waals surface area contributed by atoms with Gasteiger partial charge >= 0.3 is 65.1 Å². The summed E-state index contributed by atoms with van der Waals surface area (Å²) in [6.45, 7) is 4.45. The van der Waals surface area contributed by atoms with E-state index < -0.39 is 10.4 Å². The summed E-state index contributed by atoms with van der Waals surface area (Å²) < 4.78 is 38.8. The van der Waals surface area contributed by atoms with Gasteiger partial charge in [-0.25, -0.2) is 0 Å². The molecule has 6 nitrogen and oxygen atoms in total. The maximum Gasteiger partial charge on any atom is 1.00 e. The number of hydrogen-bond donors (Lipinski definition) is 0. The SMILES string of the molecule is CCCCCC(=O)OCC.O=S(=O)([O-])[O-].[Na+].[Na+]. The van der Waals surface area contributed by atoms with Gasteiger partial charge in [0.05, 0.1) is 6.61 Å². The molecule has 9 heteroatoms. The summed E-state index contributed by atoms with van der Waals surface area (Å²) in [6.07, 6.45) is 3.83. The van der Waals surface area contributed by atoms with Crippen molar-refractivity contribution in [2.75, 3.05) is 6.61 Å². The van der Waals surface area contributed by atoms with Crippen LogP contribution in [0.2, 0.25) is 0 Å². The molecule has 0 spiro atoms. The van der Waals surface area contributed by atoms with Gasteiger partial charge in [-0.2, -0.15) is 0 Å². The van der Waals surface area contributed by atoms with Crippen LogP contribution in [0.4, 0.5) is 0 Å². The van der Waals surface area contributed by atoms with Crippen LogP contribution in [0.1, 0.15) is 39.5 Å². The predicted molar refractivity (Wildman–Crippen MR) is 51.2 cm³/mol. The van der Waals surface area contributed by atoms with E-state index in [1.807, 2.05) is 6.92 Å². The second-order valence-electron chi connectivity index (χ2n) is 2.67. The van der Waals surface area contributed by atoms with Crippen LogP contribution >= 0.6 is 0 Å². The van der Waals surface area contributed by atoms with Gasteiger partial charge < -0.3 is 13.8 Å². The van der Waals surface area contributed by atoms with Crippen LogP contribution in [-0.4, -0.2) is 30.1 Å². The van der Waals surface area contributed by atoms with Crippen LogP contribution in [0, 0.1) is 0 Å². The normalized spacial score (nSPS) is 8.94. The van der Waals surface area contributed by atoms with Gasteiger partial charge in [0.15, 0.2) is 0 Å². The van der Waals surface area contributed by atoms with Gasteiger partial charge in [-0.1, -0.05) is 19.8 Å². The summed E-state index contributed by atoms with van der Waals surface area (Å²) >= 11 is 0. The third-order valence-electron chi connectivity index (χ3n) is 1.29. The summed E-state index contributed by atoms with van der Waals surface area (Å²) in [4.78, 5) is 10.7. The molecule has 0 aromatic rings. The van der Waals surface area contributed by atoms with E-state index >= 15 is 0 Å². The molecular formula is C8H16Na2O6S. The Hall–Kier alpha value is 1.34. The number of hydrogen-bond acceptors (Lipinski definition) is 6. The van der Waals surface area contributed by atoms with Crippen LogP contribution in [0.25, 0.3) is 0 Å². The predicted octanol–water partition coefficient (Wildman–Crippen LogP) is -5.20. The molecule has 0 bridgehead atoms.